The zero-order valence-electron chi connectivity index (χ0n) is 17.9. The Hall–Kier alpha value is -2.96. The van der Waals surface area contributed by atoms with Crippen LogP contribution in [-0.4, -0.2) is 33.4 Å². The van der Waals surface area contributed by atoms with Gasteiger partial charge in [-0.05, 0) is 59.7 Å². The lowest BCUT2D eigenvalue weighted by molar-refractivity contribution is 0.122. The van der Waals surface area contributed by atoms with Crippen LogP contribution in [0.1, 0.15) is 11.1 Å². The van der Waals surface area contributed by atoms with Crippen LogP contribution in [0.2, 0.25) is 5.02 Å². The second-order valence-corrected chi connectivity index (χ2v) is 7.93. The normalized spacial score (nSPS) is 13.7. The summed E-state index contributed by atoms with van der Waals surface area (Å²) in [6.07, 6.45) is 0. The van der Waals surface area contributed by atoms with E-state index in [2.05, 4.69) is 34.5 Å². The Labute approximate surface area is 192 Å². The molecule has 3 aromatic carbocycles. The number of morpholine rings is 1. The fourth-order valence-electron chi connectivity index (χ4n) is 3.57. The summed E-state index contributed by atoms with van der Waals surface area (Å²) in [4.78, 5) is 2.32. The highest BCUT2D eigenvalue weighted by atomic mass is 35.5. The Kier molecular flexibility index (Phi) is 7.35. The Morgan fingerprint density at radius 2 is 1.72 bits per heavy atom. The van der Waals surface area contributed by atoms with Crippen molar-refractivity contribution >= 4 is 23.0 Å². The molecule has 0 bridgehead atoms. The van der Waals surface area contributed by atoms with E-state index in [0.29, 0.717) is 23.1 Å². The first-order chi connectivity index (χ1) is 15.6. The molecule has 1 aliphatic rings. The van der Waals surface area contributed by atoms with Crippen LogP contribution in [0.15, 0.2) is 60.7 Å². The Morgan fingerprint density at radius 3 is 2.41 bits per heavy atom. The molecule has 0 unspecified atom stereocenters. The van der Waals surface area contributed by atoms with E-state index < -0.39 is 0 Å². The summed E-state index contributed by atoms with van der Waals surface area (Å²) in [6, 6.07) is 18.3. The number of anilines is 2. The minimum absolute atomic E-state index is 0.267. The highest BCUT2D eigenvalue weighted by Gasteiger charge is 2.13. The van der Waals surface area contributed by atoms with Crippen molar-refractivity contribution in [1.82, 2.24) is 0 Å². The maximum Gasteiger partial charge on any atom is 0.180 e. The molecule has 1 saturated heterocycles. The largest absolute Gasteiger partial charge is 0.493 e. The van der Waals surface area contributed by atoms with Crippen molar-refractivity contribution in [2.45, 2.75) is 13.2 Å². The molecule has 3 aromatic rings. The third-order valence-corrected chi connectivity index (χ3v) is 5.61. The molecule has 0 radical (unpaired) electrons. The lowest BCUT2D eigenvalue weighted by atomic mass is 10.2. The van der Waals surface area contributed by atoms with Crippen LogP contribution >= 0.6 is 11.6 Å². The van der Waals surface area contributed by atoms with Gasteiger partial charge in [-0.3, -0.25) is 0 Å². The molecule has 168 valence electrons. The standard InChI is InChI=1S/C25H26ClFN2O3/c1-30-24-15-19(14-23(26)25(24)32-17-18-2-4-20(27)5-3-18)16-28-21-6-8-22(9-7-21)29-10-12-31-13-11-29/h2-9,14-15,28H,10-13,16-17H2,1H3. The maximum atomic E-state index is 13.1. The van der Waals surface area contributed by atoms with Gasteiger partial charge >= 0.3 is 0 Å². The van der Waals surface area contributed by atoms with Crippen LogP contribution in [0.5, 0.6) is 11.5 Å². The molecule has 1 N–H and O–H groups in total. The van der Waals surface area contributed by atoms with E-state index in [1.54, 1.807) is 19.2 Å². The van der Waals surface area contributed by atoms with Crippen molar-refractivity contribution < 1.29 is 18.6 Å². The second-order valence-electron chi connectivity index (χ2n) is 7.52. The van der Waals surface area contributed by atoms with Crippen LogP contribution in [-0.2, 0) is 17.9 Å². The van der Waals surface area contributed by atoms with Crippen molar-refractivity contribution in [3.8, 4) is 11.5 Å². The molecule has 0 aromatic heterocycles. The monoisotopic (exact) mass is 456 g/mol. The van der Waals surface area contributed by atoms with Gasteiger partial charge in [-0.25, -0.2) is 4.39 Å². The number of methoxy groups -OCH3 is 1. The topological polar surface area (TPSA) is 43.0 Å². The van der Waals surface area contributed by atoms with E-state index in [9.17, 15) is 4.39 Å². The third kappa shape index (κ3) is 5.64. The van der Waals surface area contributed by atoms with Crippen molar-refractivity contribution in [1.29, 1.82) is 0 Å². The number of hydrogen-bond acceptors (Lipinski definition) is 5. The molecular formula is C25H26ClFN2O3. The summed E-state index contributed by atoms with van der Waals surface area (Å²) < 4.78 is 29.9. The molecule has 1 heterocycles. The number of halogens is 2. The lowest BCUT2D eigenvalue weighted by Gasteiger charge is -2.29. The minimum Gasteiger partial charge on any atom is -0.493 e. The van der Waals surface area contributed by atoms with Crippen molar-refractivity contribution in [3.63, 3.8) is 0 Å². The molecule has 32 heavy (non-hydrogen) atoms. The first-order valence-corrected chi connectivity index (χ1v) is 10.9. The van der Waals surface area contributed by atoms with E-state index in [4.69, 9.17) is 25.8 Å². The highest BCUT2D eigenvalue weighted by molar-refractivity contribution is 6.32. The molecule has 5 nitrogen and oxygen atoms in total. The Balaban J connectivity index is 1.38. The van der Waals surface area contributed by atoms with Crippen LogP contribution in [0.25, 0.3) is 0 Å². The first-order valence-electron chi connectivity index (χ1n) is 10.5. The summed E-state index contributed by atoms with van der Waals surface area (Å²) in [6.45, 7) is 4.23. The molecule has 1 aliphatic heterocycles. The van der Waals surface area contributed by atoms with Crippen molar-refractivity contribution in [2.75, 3.05) is 43.6 Å². The molecule has 0 saturated carbocycles. The van der Waals surface area contributed by atoms with Crippen LogP contribution in [0.4, 0.5) is 15.8 Å². The third-order valence-electron chi connectivity index (χ3n) is 5.33. The first kappa shape index (κ1) is 22.2. The molecule has 0 amide bonds. The van der Waals surface area contributed by atoms with E-state index in [0.717, 1.165) is 43.1 Å². The summed E-state index contributed by atoms with van der Waals surface area (Å²) >= 11 is 6.48. The molecular weight excluding hydrogens is 431 g/mol. The zero-order valence-corrected chi connectivity index (χ0v) is 18.7. The number of nitrogens with zero attached hydrogens (tertiary/aromatic N) is 1. The minimum atomic E-state index is -0.281. The average molecular weight is 457 g/mol. The van der Waals surface area contributed by atoms with Gasteiger partial charge < -0.3 is 24.4 Å². The summed E-state index contributed by atoms with van der Waals surface area (Å²) in [5.41, 5.74) is 4.04. The summed E-state index contributed by atoms with van der Waals surface area (Å²) in [5.74, 6) is 0.744. The van der Waals surface area contributed by atoms with Gasteiger partial charge in [-0.2, -0.15) is 0 Å². The second kappa shape index (κ2) is 10.6. The molecule has 7 heteroatoms. The number of benzene rings is 3. The number of hydrogen-bond donors (Lipinski definition) is 1. The van der Waals surface area contributed by atoms with Gasteiger partial charge in [0.05, 0.1) is 25.3 Å². The van der Waals surface area contributed by atoms with Crippen LogP contribution in [0, 0.1) is 5.82 Å². The number of ether oxygens (including phenoxy) is 3. The van der Waals surface area contributed by atoms with Crippen LogP contribution < -0.4 is 19.7 Å². The Bertz CT molecular complexity index is 1020. The molecule has 0 spiro atoms. The van der Waals surface area contributed by atoms with Gasteiger partial charge in [0.2, 0.25) is 0 Å². The van der Waals surface area contributed by atoms with Gasteiger partial charge in [0.25, 0.3) is 0 Å². The fourth-order valence-corrected chi connectivity index (χ4v) is 3.86. The van der Waals surface area contributed by atoms with E-state index in [1.165, 1.54) is 17.8 Å². The number of rotatable bonds is 8. The van der Waals surface area contributed by atoms with E-state index in [-0.39, 0.29) is 12.4 Å². The lowest BCUT2D eigenvalue weighted by Crippen LogP contribution is -2.36. The average Bonchev–Trinajstić information content (AvgIpc) is 2.83. The van der Waals surface area contributed by atoms with E-state index >= 15 is 0 Å². The quantitative estimate of drug-likeness (QED) is 0.483. The summed E-state index contributed by atoms with van der Waals surface area (Å²) in [7, 11) is 1.58. The Morgan fingerprint density at radius 1 is 1.00 bits per heavy atom. The smallest absolute Gasteiger partial charge is 0.180 e. The molecule has 1 fully saturated rings. The van der Waals surface area contributed by atoms with Gasteiger partial charge in [0, 0.05) is 31.0 Å². The molecule has 4 rings (SSSR count). The van der Waals surface area contributed by atoms with Crippen molar-refractivity contribution in [3.05, 3.63) is 82.6 Å². The van der Waals surface area contributed by atoms with Crippen molar-refractivity contribution in [2.24, 2.45) is 0 Å². The highest BCUT2D eigenvalue weighted by Crippen LogP contribution is 2.37. The number of nitrogens with one attached hydrogen (secondary N) is 1. The van der Waals surface area contributed by atoms with Gasteiger partial charge in [-0.1, -0.05) is 23.7 Å². The predicted octanol–water partition coefficient (Wildman–Crippen LogP) is 5.52. The molecule has 0 aliphatic carbocycles. The molecule has 0 atom stereocenters. The zero-order chi connectivity index (χ0) is 22.3. The van der Waals surface area contributed by atoms with E-state index in [1.807, 2.05) is 12.1 Å². The maximum absolute atomic E-state index is 13.1. The van der Waals surface area contributed by atoms with Crippen LogP contribution in [0.3, 0.4) is 0 Å². The SMILES string of the molecule is COc1cc(CNc2ccc(N3CCOCC3)cc2)cc(Cl)c1OCc1ccc(F)cc1. The fraction of sp³-hybridized carbons (Fsp3) is 0.280. The predicted molar refractivity (Wildman–Crippen MR) is 126 cm³/mol. The summed E-state index contributed by atoms with van der Waals surface area (Å²) in [5, 5.41) is 3.88. The van der Waals surface area contributed by atoms with Gasteiger partial charge in [0.15, 0.2) is 11.5 Å². The van der Waals surface area contributed by atoms with Gasteiger partial charge in [-0.15, -0.1) is 0 Å². The van der Waals surface area contributed by atoms with Gasteiger partial charge in [0.1, 0.15) is 12.4 Å².